The molecular formula is C13H18ClN5O. The van der Waals surface area contributed by atoms with E-state index in [9.17, 15) is 4.79 Å². The third kappa shape index (κ3) is 3.39. The fourth-order valence-electron chi connectivity index (χ4n) is 1.96. The van der Waals surface area contributed by atoms with Crippen LogP contribution in [0.3, 0.4) is 0 Å². The Hall–Kier alpha value is -1.82. The van der Waals surface area contributed by atoms with Gasteiger partial charge in [0.15, 0.2) is 0 Å². The number of halogens is 1. The van der Waals surface area contributed by atoms with Crippen LogP contribution in [0.1, 0.15) is 23.4 Å². The molecule has 0 radical (unpaired) electrons. The summed E-state index contributed by atoms with van der Waals surface area (Å²) >= 11 is 5.91. The van der Waals surface area contributed by atoms with Crippen LogP contribution < -0.4 is 5.32 Å². The minimum Gasteiger partial charge on any atom is -0.352 e. The summed E-state index contributed by atoms with van der Waals surface area (Å²) in [7, 11) is 1.86. The molecule has 2 aromatic heterocycles. The average Bonchev–Trinajstić information content (AvgIpc) is 2.89. The van der Waals surface area contributed by atoms with E-state index in [1.807, 2.05) is 27.1 Å². The fraction of sp³-hybridized carbons (Fsp3) is 0.462. The maximum atomic E-state index is 11.8. The van der Waals surface area contributed by atoms with Crippen molar-refractivity contribution in [2.75, 3.05) is 0 Å². The molecule has 2 rings (SSSR count). The first-order valence-corrected chi connectivity index (χ1v) is 6.79. The fourth-order valence-corrected chi connectivity index (χ4v) is 2.10. The molecule has 1 N–H and O–H groups in total. The summed E-state index contributed by atoms with van der Waals surface area (Å²) < 4.78 is 3.48. The topological polar surface area (TPSA) is 64.7 Å². The number of aromatic nitrogens is 4. The highest BCUT2D eigenvalue weighted by Crippen LogP contribution is 2.13. The molecule has 0 fully saturated rings. The molecule has 2 heterocycles. The van der Waals surface area contributed by atoms with Crippen LogP contribution in [-0.4, -0.2) is 25.5 Å². The number of hydrogen-bond donors (Lipinski definition) is 1. The summed E-state index contributed by atoms with van der Waals surface area (Å²) in [4.78, 5) is 11.8. The summed E-state index contributed by atoms with van der Waals surface area (Å²) in [6.45, 7) is 4.83. The Morgan fingerprint density at radius 3 is 2.75 bits per heavy atom. The Balaban J connectivity index is 1.81. The van der Waals surface area contributed by atoms with Crippen molar-refractivity contribution in [1.29, 1.82) is 0 Å². The first-order valence-electron chi connectivity index (χ1n) is 6.41. The van der Waals surface area contributed by atoms with Gasteiger partial charge in [-0.25, -0.2) is 0 Å². The molecule has 0 spiro atoms. The largest absolute Gasteiger partial charge is 0.352 e. The molecule has 0 aliphatic heterocycles. The second-order valence-corrected chi connectivity index (χ2v) is 5.15. The lowest BCUT2D eigenvalue weighted by Gasteiger charge is -2.06. The van der Waals surface area contributed by atoms with Crippen molar-refractivity contribution in [2.24, 2.45) is 7.05 Å². The van der Waals surface area contributed by atoms with Gasteiger partial charge in [0.2, 0.25) is 5.91 Å². The van der Waals surface area contributed by atoms with E-state index >= 15 is 0 Å². The van der Waals surface area contributed by atoms with Gasteiger partial charge in [-0.15, -0.1) is 0 Å². The van der Waals surface area contributed by atoms with Crippen molar-refractivity contribution in [2.45, 2.75) is 33.4 Å². The summed E-state index contributed by atoms with van der Waals surface area (Å²) in [5.74, 6) is -0.0146. The maximum absolute atomic E-state index is 11.8. The molecule has 1 amide bonds. The molecule has 0 saturated carbocycles. The van der Waals surface area contributed by atoms with Crippen LogP contribution in [-0.2, 0) is 24.9 Å². The van der Waals surface area contributed by atoms with Crippen LogP contribution >= 0.6 is 11.6 Å². The van der Waals surface area contributed by atoms with Gasteiger partial charge in [0.25, 0.3) is 0 Å². The number of nitrogens with one attached hydrogen (secondary N) is 1. The second kappa shape index (κ2) is 6.09. The molecule has 7 heteroatoms. The Bertz CT molecular complexity index is 608. The number of carbonyl (C=O) groups excluding carboxylic acids is 1. The zero-order chi connectivity index (χ0) is 14.7. The van der Waals surface area contributed by atoms with Gasteiger partial charge in [-0.2, -0.15) is 10.2 Å². The number of amides is 1. The summed E-state index contributed by atoms with van der Waals surface area (Å²) in [5.41, 5.74) is 2.84. The molecule has 0 unspecified atom stereocenters. The van der Waals surface area contributed by atoms with Crippen LogP contribution in [0.2, 0.25) is 5.02 Å². The van der Waals surface area contributed by atoms with E-state index in [-0.39, 0.29) is 5.91 Å². The van der Waals surface area contributed by atoms with Crippen LogP contribution in [0, 0.1) is 13.8 Å². The first-order chi connectivity index (χ1) is 9.47. The average molecular weight is 296 g/mol. The van der Waals surface area contributed by atoms with Crippen molar-refractivity contribution in [1.82, 2.24) is 24.9 Å². The predicted octanol–water partition coefficient (Wildman–Crippen LogP) is 1.59. The highest BCUT2D eigenvalue weighted by Gasteiger charge is 2.08. The molecular weight excluding hydrogens is 278 g/mol. The van der Waals surface area contributed by atoms with E-state index in [1.165, 1.54) is 0 Å². The van der Waals surface area contributed by atoms with Crippen LogP contribution in [0.4, 0.5) is 0 Å². The van der Waals surface area contributed by atoms with E-state index < -0.39 is 0 Å². The van der Waals surface area contributed by atoms with Gasteiger partial charge in [0.05, 0.1) is 29.2 Å². The lowest BCUT2D eigenvalue weighted by molar-refractivity contribution is -0.121. The second-order valence-electron chi connectivity index (χ2n) is 4.74. The lowest BCUT2D eigenvalue weighted by Crippen LogP contribution is -2.24. The molecule has 0 aliphatic rings. The van der Waals surface area contributed by atoms with Gasteiger partial charge in [0.1, 0.15) is 0 Å². The molecule has 0 aliphatic carbocycles. The van der Waals surface area contributed by atoms with Gasteiger partial charge >= 0.3 is 0 Å². The number of carbonyl (C=O) groups is 1. The molecule has 2 aromatic rings. The van der Waals surface area contributed by atoms with Gasteiger partial charge in [-0.05, 0) is 13.8 Å². The first kappa shape index (κ1) is 14.6. The molecule has 108 valence electrons. The standard InChI is InChI=1S/C13H18ClN5O/c1-9-11(8-18(3)17-9)6-15-13(20)4-5-19-10(2)12(14)7-16-19/h7-8H,4-6H2,1-3H3,(H,15,20). The zero-order valence-electron chi connectivity index (χ0n) is 11.9. The molecule has 0 aromatic carbocycles. The monoisotopic (exact) mass is 295 g/mol. The minimum atomic E-state index is -0.0146. The Morgan fingerprint density at radius 1 is 1.45 bits per heavy atom. The van der Waals surface area contributed by atoms with Crippen LogP contribution in [0.5, 0.6) is 0 Å². The number of nitrogens with zero attached hydrogens (tertiary/aromatic N) is 4. The van der Waals surface area contributed by atoms with Crippen LogP contribution in [0.15, 0.2) is 12.4 Å². The van der Waals surface area contributed by atoms with Crippen molar-refractivity contribution in [3.63, 3.8) is 0 Å². The van der Waals surface area contributed by atoms with E-state index in [0.717, 1.165) is 17.0 Å². The van der Waals surface area contributed by atoms with Crippen molar-refractivity contribution >= 4 is 17.5 Å². The Morgan fingerprint density at radius 2 is 2.20 bits per heavy atom. The normalized spacial score (nSPS) is 10.8. The predicted molar refractivity (Wildman–Crippen MR) is 76.4 cm³/mol. The zero-order valence-corrected chi connectivity index (χ0v) is 12.6. The van der Waals surface area contributed by atoms with E-state index in [0.29, 0.717) is 24.5 Å². The highest BCUT2D eigenvalue weighted by molar-refractivity contribution is 6.31. The maximum Gasteiger partial charge on any atom is 0.222 e. The van der Waals surface area contributed by atoms with E-state index in [4.69, 9.17) is 11.6 Å². The van der Waals surface area contributed by atoms with Gasteiger partial charge in [-0.1, -0.05) is 11.6 Å². The molecule has 20 heavy (non-hydrogen) atoms. The number of aryl methyl sites for hydroxylation is 3. The number of hydrogen-bond acceptors (Lipinski definition) is 3. The van der Waals surface area contributed by atoms with Gasteiger partial charge in [0, 0.05) is 31.8 Å². The van der Waals surface area contributed by atoms with Crippen LogP contribution in [0.25, 0.3) is 0 Å². The highest BCUT2D eigenvalue weighted by atomic mass is 35.5. The third-order valence-electron chi connectivity index (χ3n) is 3.19. The quantitative estimate of drug-likeness (QED) is 0.911. The van der Waals surface area contributed by atoms with Crippen molar-refractivity contribution in [3.05, 3.63) is 34.4 Å². The SMILES string of the molecule is Cc1nn(C)cc1CNC(=O)CCn1ncc(Cl)c1C. The van der Waals surface area contributed by atoms with Crippen molar-refractivity contribution in [3.8, 4) is 0 Å². The smallest absolute Gasteiger partial charge is 0.222 e. The van der Waals surface area contributed by atoms with E-state index in [1.54, 1.807) is 15.6 Å². The molecule has 6 nitrogen and oxygen atoms in total. The molecule has 0 saturated heterocycles. The Kier molecular flexibility index (Phi) is 4.44. The van der Waals surface area contributed by atoms with Gasteiger partial charge < -0.3 is 5.32 Å². The third-order valence-corrected chi connectivity index (χ3v) is 3.56. The van der Waals surface area contributed by atoms with Crippen molar-refractivity contribution < 1.29 is 4.79 Å². The molecule has 0 bridgehead atoms. The minimum absolute atomic E-state index is 0.0146. The summed E-state index contributed by atoms with van der Waals surface area (Å²) in [6, 6.07) is 0. The molecule has 0 atom stereocenters. The lowest BCUT2D eigenvalue weighted by atomic mass is 10.2. The summed E-state index contributed by atoms with van der Waals surface area (Å²) in [5, 5.41) is 11.9. The Labute approximate surface area is 122 Å². The number of rotatable bonds is 5. The van der Waals surface area contributed by atoms with E-state index in [2.05, 4.69) is 15.5 Å². The van der Waals surface area contributed by atoms with Gasteiger partial charge in [-0.3, -0.25) is 14.2 Å². The summed E-state index contributed by atoms with van der Waals surface area (Å²) in [6.07, 6.45) is 3.87.